The van der Waals surface area contributed by atoms with Crippen molar-refractivity contribution in [2.24, 2.45) is 7.05 Å². The molecule has 0 aliphatic carbocycles. The Morgan fingerprint density at radius 3 is 2.94 bits per heavy atom. The third-order valence-corrected chi connectivity index (χ3v) is 2.44. The van der Waals surface area contributed by atoms with Gasteiger partial charge in [-0.3, -0.25) is 4.79 Å². The van der Waals surface area contributed by atoms with Crippen molar-refractivity contribution in [2.75, 3.05) is 13.6 Å². The first-order valence-electron chi connectivity index (χ1n) is 5.43. The maximum absolute atomic E-state index is 11.0. The smallest absolute Gasteiger partial charge is 0.219 e. The van der Waals surface area contributed by atoms with Crippen LogP contribution in [0.1, 0.15) is 31.6 Å². The lowest BCUT2D eigenvalue weighted by molar-refractivity contribution is -0.120. The number of amides is 1. The molecule has 0 bridgehead atoms. The fourth-order valence-electron chi connectivity index (χ4n) is 1.47. The molecule has 0 aliphatic heterocycles. The van der Waals surface area contributed by atoms with Gasteiger partial charge in [0.1, 0.15) is 12.2 Å². The van der Waals surface area contributed by atoms with Crippen molar-refractivity contribution < 1.29 is 4.79 Å². The molecule has 1 aromatic rings. The Morgan fingerprint density at radius 2 is 2.38 bits per heavy atom. The van der Waals surface area contributed by atoms with E-state index in [2.05, 4.69) is 20.8 Å². The van der Waals surface area contributed by atoms with E-state index in [1.54, 1.807) is 13.4 Å². The van der Waals surface area contributed by atoms with E-state index in [4.69, 9.17) is 0 Å². The minimum absolute atomic E-state index is 0.0770. The average Bonchev–Trinajstić information content (AvgIpc) is 2.70. The second-order valence-corrected chi connectivity index (χ2v) is 3.75. The lowest BCUT2D eigenvalue weighted by Crippen LogP contribution is -2.24. The van der Waals surface area contributed by atoms with Crippen LogP contribution in [-0.4, -0.2) is 34.3 Å². The Labute approximate surface area is 95.4 Å². The summed E-state index contributed by atoms with van der Waals surface area (Å²) in [5.41, 5.74) is 0. The molecule has 1 amide bonds. The Kier molecular flexibility index (Phi) is 4.91. The zero-order chi connectivity index (χ0) is 12.0. The zero-order valence-electron chi connectivity index (χ0n) is 10.0. The van der Waals surface area contributed by atoms with Gasteiger partial charge in [-0.1, -0.05) is 0 Å². The van der Waals surface area contributed by atoms with Gasteiger partial charge in [-0.2, -0.15) is 0 Å². The van der Waals surface area contributed by atoms with Crippen LogP contribution in [0.5, 0.6) is 0 Å². The maximum atomic E-state index is 11.0. The van der Waals surface area contributed by atoms with Crippen LogP contribution in [0, 0.1) is 0 Å². The third-order valence-electron chi connectivity index (χ3n) is 2.44. The molecule has 1 atom stereocenters. The normalized spacial score (nSPS) is 12.4. The van der Waals surface area contributed by atoms with Crippen molar-refractivity contribution in [3.63, 3.8) is 0 Å². The van der Waals surface area contributed by atoms with E-state index < -0.39 is 0 Å². The first kappa shape index (κ1) is 12.6. The highest BCUT2D eigenvalue weighted by atomic mass is 16.1. The molecule has 0 fully saturated rings. The van der Waals surface area contributed by atoms with Gasteiger partial charge in [0, 0.05) is 20.5 Å². The molecule has 1 aromatic heterocycles. The van der Waals surface area contributed by atoms with Crippen molar-refractivity contribution in [3.05, 3.63) is 12.2 Å². The van der Waals surface area contributed by atoms with Gasteiger partial charge in [-0.15, -0.1) is 10.2 Å². The summed E-state index contributed by atoms with van der Waals surface area (Å²) in [6.45, 7) is 2.82. The van der Waals surface area contributed by atoms with Gasteiger partial charge in [0.15, 0.2) is 0 Å². The lowest BCUT2D eigenvalue weighted by Gasteiger charge is -2.12. The molecule has 0 spiro atoms. The standard InChI is InChI=1S/C10H19N5O/c1-8(10-14-13-7-15(10)3)12-6-4-5-9(16)11-2/h7-8,12H,4-6H2,1-3H3,(H,11,16). The number of hydrogen-bond donors (Lipinski definition) is 2. The van der Waals surface area contributed by atoms with Gasteiger partial charge < -0.3 is 15.2 Å². The fourth-order valence-corrected chi connectivity index (χ4v) is 1.47. The largest absolute Gasteiger partial charge is 0.359 e. The van der Waals surface area contributed by atoms with E-state index >= 15 is 0 Å². The summed E-state index contributed by atoms with van der Waals surface area (Å²) in [6, 6.07) is 0.150. The molecule has 2 N–H and O–H groups in total. The second kappa shape index (κ2) is 6.22. The van der Waals surface area contributed by atoms with Crippen LogP contribution >= 0.6 is 0 Å². The molecule has 6 nitrogen and oxygen atoms in total. The quantitative estimate of drug-likeness (QED) is 0.668. The van der Waals surface area contributed by atoms with Crippen LogP contribution in [0.2, 0.25) is 0 Å². The molecule has 6 heteroatoms. The molecule has 0 aliphatic rings. The van der Waals surface area contributed by atoms with Gasteiger partial charge in [0.2, 0.25) is 5.91 Å². The minimum atomic E-state index is 0.0770. The van der Waals surface area contributed by atoms with Crippen molar-refractivity contribution >= 4 is 5.91 Å². The number of nitrogens with one attached hydrogen (secondary N) is 2. The molecule has 1 unspecified atom stereocenters. The number of hydrogen-bond acceptors (Lipinski definition) is 4. The first-order valence-corrected chi connectivity index (χ1v) is 5.43. The maximum Gasteiger partial charge on any atom is 0.219 e. The van der Waals surface area contributed by atoms with E-state index in [0.29, 0.717) is 6.42 Å². The summed E-state index contributed by atoms with van der Waals surface area (Å²) in [5.74, 6) is 0.980. The number of aromatic nitrogens is 3. The number of carbonyl (C=O) groups excluding carboxylic acids is 1. The summed E-state index contributed by atoms with van der Waals surface area (Å²) in [7, 11) is 3.57. The molecule has 0 saturated heterocycles. The third kappa shape index (κ3) is 3.62. The Balaban J connectivity index is 2.23. The predicted octanol–water partition coefficient (Wildman–Crippen LogP) is -0.00810. The highest BCUT2D eigenvalue weighted by Crippen LogP contribution is 2.06. The number of nitrogens with zero attached hydrogens (tertiary/aromatic N) is 3. The van der Waals surface area contributed by atoms with Crippen LogP contribution in [0.15, 0.2) is 6.33 Å². The van der Waals surface area contributed by atoms with Crippen molar-refractivity contribution in [1.82, 2.24) is 25.4 Å². The summed E-state index contributed by atoms with van der Waals surface area (Å²) in [5, 5.41) is 13.7. The van der Waals surface area contributed by atoms with Crippen molar-refractivity contribution in [1.29, 1.82) is 0 Å². The van der Waals surface area contributed by atoms with Crippen LogP contribution in [0.3, 0.4) is 0 Å². The second-order valence-electron chi connectivity index (χ2n) is 3.75. The molecule has 0 radical (unpaired) electrons. The molecular formula is C10H19N5O. The minimum Gasteiger partial charge on any atom is -0.359 e. The summed E-state index contributed by atoms with van der Waals surface area (Å²) < 4.78 is 1.89. The Hall–Kier alpha value is -1.43. The average molecular weight is 225 g/mol. The van der Waals surface area contributed by atoms with Gasteiger partial charge in [0.05, 0.1) is 6.04 Å². The molecular weight excluding hydrogens is 206 g/mol. The van der Waals surface area contributed by atoms with Crippen molar-refractivity contribution in [2.45, 2.75) is 25.8 Å². The molecule has 90 valence electrons. The fraction of sp³-hybridized carbons (Fsp3) is 0.700. The molecule has 1 rings (SSSR count). The molecule has 16 heavy (non-hydrogen) atoms. The topological polar surface area (TPSA) is 71.8 Å². The lowest BCUT2D eigenvalue weighted by atomic mass is 10.2. The number of aryl methyl sites for hydroxylation is 1. The van der Waals surface area contributed by atoms with E-state index in [9.17, 15) is 4.79 Å². The monoisotopic (exact) mass is 225 g/mol. The van der Waals surface area contributed by atoms with E-state index in [0.717, 1.165) is 18.8 Å². The van der Waals surface area contributed by atoms with E-state index in [1.807, 2.05) is 18.5 Å². The molecule has 1 heterocycles. The molecule has 0 saturated carbocycles. The summed E-state index contributed by atoms with van der Waals surface area (Å²) >= 11 is 0. The van der Waals surface area contributed by atoms with E-state index in [-0.39, 0.29) is 11.9 Å². The molecule has 0 aromatic carbocycles. The van der Waals surface area contributed by atoms with Crippen molar-refractivity contribution in [3.8, 4) is 0 Å². The number of carbonyl (C=O) groups is 1. The van der Waals surface area contributed by atoms with Gasteiger partial charge >= 0.3 is 0 Å². The Morgan fingerprint density at radius 1 is 1.62 bits per heavy atom. The summed E-state index contributed by atoms with van der Waals surface area (Å²) in [6.07, 6.45) is 3.05. The first-order chi connectivity index (χ1) is 7.65. The highest BCUT2D eigenvalue weighted by Gasteiger charge is 2.09. The van der Waals surface area contributed by atoms with Crippen LogP contribution < -0.4 is 10.6 Å². The number of rotatable bonds is 6. The van der Waals surface area contributed by atoms with Crippen LogP contribution in [-0.2, 0) is 11.8 Å². The van der Waals surface area contributed by atoms with Gasteiger partial charge in [-0.05, 0) is 19.9 Å². The SMILES string of the molecule is CNC(=O)CCCNC(C)c1nncn1C. The van der Waals surface area contributed by atoms with Gasteiger partial charge in [0.25, 0.3) is 0 Å². The van der Waals surface area contributed by atoms with Crippen LogP contribution in [0.25, 0.3) is 0 Å². The van der Waals surface area contributed by atoms with Gasteiger partial charge in [-0.25, -0.2) is 0 Å². The zero-order valence-corrected chi connectivity index (χ0v) is 10.0. The highest BCUT2D eigenvalue weighted by molar-refractivity contribution is 5.75. The summed E-state index contributed by atoms with van der Waals surface area (Å²) in [4.78, 5) is 11.0. The van der Waals surface area contributed by atoms with Crippen LogP contribution in [0.4, 0.5) is 0 Å². The van der Waals surface area contributed by atoms with E-state index in [1.165, 1.54) is 0 Å². The Bertz CT molecular complexity index is 336. The predicted molar refractivity (Wildman–Crippen MR) is 60.7 cm³/mol.